The summed E-state index contributed by atoms with van der Waals surface area (Å²) >= 11 is 0. The zero-order chi connectivity index (χ0) is 13.7. The smallest absolute Gasteiger partial charge is 0.130 e. The molecule has 0 amide bonds. The minimum absolute atomic E-state index is 0.0946. The monoisotopic (exact) mass is 265 g/mol. The number of halogens is 2. The highest BCUT2D eigenvalue weighted by Gasteiger charge is 2.20. The fourth-order valence-electron chi connectivity index (χ4n) is 2.08. The van der Waals surface area contributed by atoms with Crippen molar-refractivity contribution in [1.82, 2.24) is 5.32 Å². The number of rotatable bonds is 6. The summed E-state index contributed by atoms with van der Waals surface area (Å²) in [6, 6.07) is 5.37. The molecule has 1 atom stereocenters. The van der Waals surface area contributed by atoms with E-state index in [0.29, 0.717) is 13.0 Å². The third-order valence-electron chi connectivity index (χ3n) is 3.01. The Morgan fingerprint density at radius 3 is 2.53 bits per heavy atom. The van der Waals surface area contributed by atoms with Crippen LogP contribution in [0.3, 0.4) is 0 Å². The van der Waals surface area contributed by atoms with Crippen molar-refractivity contribution in [3.05, 3.63) is 59.6 Å². The molecule has 4 heteroatoms. The van der Waals surface area contributed by atoms with Crippen molar-refractivity contribution in [2.24, 2.45) is 0 Å². The second-order valence-corrected chi connectivity index (χ2v) is 4.48. The number of furan rings is 1. The maximum Gasteiger partial charge on any atom is 0.130 e. The van der Waals surface area contributed by atoms with Crippen LogP contribution < -0.4 is 5.32 Å². The summed E-state index contributed by atoms with van der Waals surface area (Å²) in [6.45, 7) is 2.72. The molecule has 0 aliphatic rings. The molecule has 19 heavy (non-hydrogen) atoms. The van der Waals surface area contributed by atoms with Gasteiger partial charge in [-0.05, 0) is 43.1 Å². The van der Waals surface area contributed by atoms with Gasteiger partial charge in [-0.25, -0.2) is 8.78 Å². The zero-order valence-electron chi connectivity index (χ0n) is 10.8. The van der Waals surface area contributed by atoms with Crippen LogP contribution in [0.15, 0.2) is 41.2 Å². The molecule has 0 spiro atoms. The fourth-order valence-corrected chi connectivity index (χ4v) is 2.08. The summed E-state index contributed by atoms with van der Waals surface area (Å²) in [5.74, 6) is -1.03. The van der Waals surface area contributed by atoms with Gasteiger partial charge in [0.15, 0.2) is 0 Å². The molecule has 1 aromatic carbocycles. The molecule has 1 unspecified atom stereocenters. The van der Waals surface area contributed by atoms with E-state index in [1.807, 2.05) is 6.92 Å². The summed E-state index contributed by atoms with van der Waals surface area (Å²) in [7, 11) is 0. The van der Waals surface area contributed by atoms with Gasteiger partial charge in [0.25, 0.3) is 0 Å². The number of hydrogen-bond acceptors (Lipinski definition) is 2. The molecule has 0 saturated carbocycles. The molecule has 0 bridgehead atoms. The van der Waals surface area contributed by atoms with Crippen molar-refractivity contribution in [2.75, 3.05) is 6.54 Å². The van der Waals surface area contributed by atoms with E-state index in [-0.39, 0.29) is 5.56 Å². The van der Waals surface area contributed by atoms with E-state index in [4.69, 9.17) is 4.42 Å². The Morgan fingerprint density at radius 2 is 1.95 bits per heavy atom. The number of benzene rings is 1. The fraction of sp³-hybridized carbons (Fsp3) is 0.333. The first-order valence-electron chi connectivity index (χ1n) is 6.40. The molecule has 1 aromatic heterocycles. The van der Waals surface area contributed by atoms with Crippen LogP contribution >= 0.6 is 0 Å². The maximum atomic E-state index is 13.9. The Kier molecular flexibility index (Phi) is 4.68. The van der Waals surface area contributed by atoms with E-state index in [2.05, 4.69) is 5.32 Å². The third-order valence-corrected chi connectivity index (χ3v) is 3.01. The van der Waals surface area contributed by atoms with Gasteiger partial charge in [-0.2, -0.15) is 0 Å². The first-order valence-corrected chi connectivity index (χ1v) is 6.40. The van der Waals surface area contributed by atoms with Gasteiger partial charge in [-0.3, -0.25) is 0 Å². The van der Waals surface area contributed by atoms with Gasteiger partial charge >= 0.3 is 0 Å². The van der Waals surface area contributed by atoms with E-state index in [1.54, 1.807) is 18.6 Å². The lowest BCUT2D eigenvalue weighted by Gasteiger charge is -2.19. The van der Waals surface area contributed by atoms with Crippen molar-refractivity contribution in [2.45, 2.75) is 25.8 Å². The lowest BCUT2D eigenvalue weighted by atomic mass is 9.99. The summed E-state index contributed by atoms with van der Waals surface area (Å²) in [4.78, 5) is 0. The van der Waals surface area contributed by atoms with E-state index in [1.165, 1.54) is 18.2 Å². The quantitative estimate of drug-likeness (QED) is 0.858. The molecule has 1 N–H and O–H groups in total. The molecule has 0 saturated heterocycles. The predicted molar refractivity (Wildman–Crippen MR) is 69.8 cm³/mol. The Labute approximate surface area is 111 Å². The van der Waals surface area contributed by atoms with Crippen molar-refractivity contribution >= 4 is 0 Å². The minimum atomic E-state index is -0.517. The number of nitrogens with one attached hydrogen (secondary N) is 1. The van der Waals surface area contributed by atoms with Crippen molar-refractivity contribution in [3.63, 3.8) is 0 Å². The number of hydrogen-bond donors (Lipinski definition) is 1. The Hall–Kier alpha value is -1.68. The van der Waals surface area contributed by atoms with E-state index >= 15 is 0 Å². The average Bonchev–Trinajstić information content (AvgIpc) is 2.88. The van der Waals surface area contributed by atoms with Gasteiger partial charge in [0.2, 0.25) is 0 Å². The Balaban J connectivity index is 2.26. The Bertz CT molecular complexity index is 491. The van der Waals surface area contributed by atoms with Crippen LogP contribution in [-0.2, 0) is 6.42 Å². The molecule has 2 nitrogen and oxygen atoms in total. The summed E-state index contributed by atoms with van der Waals surface area (Å²) in [5, 5.41) is 3.18. The molecule has 0 fully saturated rings. The summed E-state index contributed by atoms with van der Waals surface area (Å²) in [5.41, 5.74) is 1.01. The van der Waals surface area contributed by atoms with E-state index < -0.39 is 17.7 Å². The molecular formula is C15H17F2NO. The maximum absolute atomic E-state index is 13.9. The van der Waals surface area contributed by atoms with Crippen LogP contribution in [0, 0.1) is 11.6 Å². The molecule has 0 aliphatic carbocycles. The SMILES string of the molecule is CCCNC(Cc1ccoc1)c1c(F)cccc1F. The van der Waals surface area contributed by atoms with Gasteiger partial charge in [0, 0.05) is 11.6 Å². The van der Waals surface area contributed by atoms with E-state index in [0.717, 1.165) is 12.0 Å². The lowest BCUT2D eigenvalue weighted by Crippen LogP contribution is -2.26. The van der Waals surface area contributed by atoms with Crippen molar-refractivity contribution in [3.8, 4) is 0 Å². The molecule has 2 aromatic rings. The molecular weight excluding hydrogens is 248 g/mol. The van der Waals surface area contributed by atoms with Gasteiger partial charge < -0.3 is 9.73 Å². The highest BCUT2D eigenvalue weighted by Crippen LogP contribution is 2.24. The second kappa shape index (κ2) is 6.48. The molecule has 1 heterocycles. The third kappa shape index (κ3) is 3.41. The van der Waals surface area contributed by atoms with Gasteiger partial charge in [0.1, 0.15) is 11.6 Å². The van der Waals surface area contributed by atoms with Gasteiger partial charge in [0.05, 0.1) is 12.5 Å². The van der Waals surface area contributed by atoms with E-state index in [9.17, 15) is 8.78 Å². The molecule has 102 valence electrons. The minimum Gasteiger partial charge on any atom is -0.472 e. The summed E-state index contributed by atoms with van der Waals surface area (Å²) in [6.07, 6.45) is 4.55. The highest BCUT2D eigenvalue weighted by molar-refractivity contribution is 5.25. The second-order valence-electron chi connectivity index (χ2n) is 4.48. The van der Waals surface area contributed by atoms with Crippen LogP contribution in [0.4, 0.5) is 8.78 Å². The first kappa shape index (κ1) is 13.7. The van der Waals surface area contributed by atoms with Crippen LogP contribution in [0.2, 0.25) is 0 Å². The normalized spacial score (nSPS) is 12.6. The van der Waals surface area contributed by atoms with Crippen LogP contribution in [-0.4, -0.2) is 6.54 Å². The lowest BCUT2D eigenvalue weighted by molar-refractivity contribution is 0.462. The standard InChI is InChI=1S/C15H17F2NO/c1-2-7-18-14(9-11-6-8-19-10-11)15-12(16)4-3-5-13(15)17/h3-6,8,10,14,18H,2,7,9H2,1H3. The Morgan fingerprint density at radius 1 is 1.21 bits per heavy atom. The van der Waals surface area contributed by atoms with Crippen molar-refractivity contribution < 1.29 is 13.2 Å². The molecule has 2 rings (SSSR count). The van der Waals surface area contributed by atoms with Gasteiger partial charge in [-0.1, -0.05) is 13.0 Å². The molecule has 0 aliphatic heterocycles. The van der Waals surface area contributed by atoms with Crippen LogP contribution in [0.25, 0.3) is 0 Å². The van der Waals surface area contributed by atoms with Crippen LogP contribution in [0.5, 0.6) is 0 Å². The summed E-state index contributed by atoms with van der Waals surface area (Å²) < 4.78 is 32.7. The highest BCUT2D eigenvalue weighted by atomic mass is 19.1. The van der Waals surface area contributed by atoms with Crippen LogP contribution in [0.1, 0.15) is 30.5 Å². The van der Waals surface area contributed by atoms with Gasteiger partial charge in [-0.15, -0.1) is 0 Å². The molecule has 0 radical (unpaired) electrons. The zero-order valence-corrected chi connectivity index (χ0v) is 10.8. The largest absolute Gasteiger partial charge is 0.472 e. The average molecular weight is 265 g/mol. The topological polar surface area (TPSA) is 25.2 Å². The van der Waals surface area contributed by atoms with Crippen molar-refractivity contribution in [1.29, 1.82) is 0 Å². The predicted octanol–water partition coefficient (Wildman–Crippen LogP) is 3.84. The first-order chi connectivity index (χ1) is 9.22.